The third-order valence-corrected chi connectivity index (χ3v) is 2.66. The van der Waals surface area contributed by atoms with E-state index in [0.717, 1.165) is 13.1 Å². The minimum atomic E-state index is -1.33. The lowest BCUT2D eigenvalue weighted by molar-refractivity contribution is 0.205. The van der Waals surface area contributed by atoms with E-state index < -0.39 is 6.09 Å². The van der Waals surface area contributed by atoms with Crippen molar-refractivity contribution in [3.8, 4) is 0 Å². The summed E-state index contributed by atoms with van der Waals surface area (Å²) in [6, 6.07) is 0. The van der Waals surface area contributed by atoms with Crippen LogP contribution in [0.4, 0.5) is 4.79 Å². The summed E-state index contributed by atoms with van der Waals surface area (Å²) in [5.41, 5.74) is 14.9. The minimum absolute atomic E-state index is 0.860. The summed E-state index contributed by atoms with van der Waals surface area (Å²) in [6.45, 7) is 1.72. The highest BCUT2D eigenvalue weighted by molar-refractivity contribution is 5.61. The molecule has 0 spiro atoms. The number of primary amides is 1. The van der Waals surface area contributed by atoms with Crippen molar-refractivity contribution in [3.05, 3.63) is 0 Å². The van der Waals surface area contributed by atoms with Gasteiger partial charge in [0.25, 0.3) is 0 Å². The number of amides is 1. The first kappa shape index (κ1) is 19.5. The van der Waals surface area contributed by atoms with Gasteiger partial charge in [0.2, 0.25) is 0 Å². The number of hydrogen-bond donors (Lipinski definition) is 4. The summed E-state index contributed by atoms with van der Waals surface area (Å²) in [6.07, 6.45) is 12.1. The highest BCUT2D eigenvalue weighted by atomic mass is 16.4. The van der Waals surface area contributed by atoms with Crippen molar-refractivity contribution in [2.24, 2.45) is 17.2 Å². The van der Waals surface area contributed by atoms with Crippen LogP contribution >= 0.6 is 0 Å². The van der Waals surface area contributed by atoms with Gasteiger partial charge in [0.05, 0.1) is 0 Å². The van der Waals surface area contributed by atoms with Gasteiger partial charge >= 0.3 is 6.09 Å². The number of hydrogen-bond acceptors (Lipinski definition) is 3. The van der Waals surface area contributed by atoms with E-state index >= 15 is 0 Å². The molecule has 0 saturated carbocycles. The van der Waals surface area contributed by atoms with Crippen molar-refractivity contribution in [3.63, 3.8) is 0 Å². The molecule has 18 heavy (non-hydrogen) atoms. The van der Waals surface area contributed by atoms with Gasteiger partial charge in [-0.2, -0.15) is 0 Å². The smallest absolute Gasteiger partial charge is 0.402 e. The molecule has 110 valence electrons. The highest BCUT2D eigenvalue weighted by Gasteiger charge is 1.91. The second kappa shape index (κ2) is 18.6. The Bertz CT molecular complexity index is 150. The first-order valence-corrected chi connectivity index (χ1v) is 7.03. The van der Waals surface area contributed by atoms with Crippen molar-refractivity contribution in [1.82, 2.24) is 0 Å². The van der Waals surface area contributed by atoms with Crippen molar-refractivity contribution in [2.45, 2.75) is 64.2 Å². The Labute approximate surface area is 111 Å². The van der Waals surface area contributed by atoms with Gasteiger partial charge in [-0.15, -0.1) is 0 Å². The van der Waals surface area contributed by atoms with Gasteiger partial charge in [0.1, 0.15) is 0 Å². The Morgan fingerprint density at radius 2 is 0.833 bits per heavy atom. The van der Waals surface area contributed by atoms with Crippen LogP contribution < -0.4 is 17.2 Å². The maximum absolute atomic E-state index is 8.78. The second-order valence-electron chi connectivity index (χ2n) is 4.45. The van der Waals surface area contributed by atoms with Crippen LogP contribution in [-0.4, -0.2) is 24.3 Å². The van der Waals surface area contributed by atoms with E-state index in [-0.39, 0.29) is 0 Å². The average Bonchev–Trinajstić information content (AvgIpc) is 2.31. The van der Waals surface area contributed by atoms with Crippen molar-refractivity contribution in [1.29, 1.82) is 0 Å². The van der Waals surface area contributed by atoms with Gasteiger partial charge in [-0.25, -0.2) is 4.79 Å². The van der Waals surface area contributed by atoms with Gasteiger partial charge in [-0.3, -0.25) is 0 Å². The quantitative estimate of drug-likeness (QED) is 0.427. The van der Waals surface area contributed by atoms with Gasteiger partial charge in [0.15, 0.2) is 0 Å². The van der Waals surface area contributed by atoms with Gasteiger partial charge < -0.3 is 22.3 Å². The van der Waals surface area contributed by atoms with Crippen LogP contribution in [0.3, 0.4) is 0 Å². The lowest BCUT2D eigenvalue weighted by Crippen LogP contribution is -2.03. The Morgan fingerprint density at radius 3 is 1.00 bits per heavy atom. The molecule has 0 unspecified atom stereocenters. The van der Waals surface area contributed by atoms with E-state index in [1.54, 1.807) is 0 Å². The molecule has 1 amide bonds. The molecule has 0 aromatic heterocycles. The van der Waals surface area contributed by atoms with Crippen LogP contribution in [0.25, 0.3) is 0 Å². The van der Waals surface area contributed by atoms with Crippen LogP contribution in [0.2, 0.25) is 0 Å². The van der Waals surface area contributed by atoms with E-state index in [1.807, 2.05) is 0 Å². The third-order valence-electron chi connectivity index (χ3n) is 2.66. The molecular formula is C13H31N3O2. The molecule has 7 N–H and O–H groups in total. The first-order chi connectivity index (χ1) is 8.65. The first-order valence-electron chi connectivity index (χ1n) is 7.03. The zero-order valence-electron chi connectivity index (χ0n) is 11.6. The highest BCUT2D eigenvalue weighted by Crippen LogP contribution is 2.09. The predicted octanol–water partition coefficient (Wildman–Crippen LogP) is 2.43. The molecule has 0 aliphatic rings. The Balaban J connectivity index is 0. The van der Waals surface area contributed by atoms with Crippen LogP contribution in [0.5, 0.6) is 0 Å². The van der Waals surface area contributed by atoms with Gasteiger partial charge in [-0.05, 0) is 25.9 Å². The zero-order chi connectivity index (χ0) is 14.1. The van der Waals surface area contributed by atoms with Crippen LogP contribution in [0.1, 0.15) is 64.2 Å². The fourth-order valence-corrected chi connectivity index (χ4v) is 1.70. The van der Waals surface area contributed by atoms with E-state index in [9.17, 15) is 0 Å². The lowest BCUT2D eigenvalue weighted by atomic mass is 10.1. The van der Waals surface area contributed by atoms with E-state index in [0.29, 0.717) is 0 Å². The van der Waals surface area contributed by atoms with Crippen molar-refractivity contribution >= 4 is 6.09 Å². The molecule has 0 atom stereocenters. The van der Waals surface area contributed by atoms with Crippen LogP contribution in [0, 0.1) is 0 Å². The maximum atomic E-state index is 8.78. The van der Waals surface area contributed by atoms with Gasteiger partial charge in [-0.1, -0.05) is 51.4 Å². The molecular weight excluding hydrogens is 230 g/mol. The molecule has 0 rings (SSSR count). The van der Waals surface area contributed by atoms with Crippen molar-refractivity contribution < 1.29 is 9.90 Å². The Kier molecular flexibility index (Phi) is 20.1. The molecule has 0 bridgehead atoms. The minimum Gasteiger partial charge on any atom is -0.465 e. The number of nitrogens with two attached hydrogens (primary N) is 3. The van der Waals surface area contributed by atoms with Crippen molar-refractivity contribution in [2.75, 3.05) is 13.1 Å². The summed E-state index contributed by atoms with van der Waals surface area (Å²) < 4.78 is 0. The fourth-order valence-electron chi connectivity index (χ4n) is 1.70. The number of unbranched alkanes of at least 4 members (excludes halogenated alkanes) is 9. The molecule has 5 nitrogen and oxygen atoms in total. The predicted molar refractivity (Wildman–Crippen MR) is 76.5 cm³/mol. The Hall–Kier alpha value is -0.810. The SMILES string of the molecule is NC(=O)O.NCCCCCCCCCCCCN. The molecule has 0 radical (unpaired) electrons. The summed E-state index contributed by atoms with van der Waals surface area (Å²) >= 11 is 0. The third kappa shape index (κ3) is 29.5. The van der Waals surface area contributed by atoms with E-state index in [4.69, 9.17) is 21.4 Å². The molecule has 0 aliphatic carbocycles. The summed E-state index contributed by atoms with van der Waals surface area (Å²) in [5, 5.41) is 7.19. The summed E-state index contributed by atoms with van der Waals surface area (Å²) in [4.78, 5) is 8.78. The molecule has 0 heterocycles. The van der Waals surface area contributed by atoms with Crippen LogP contribution in [0.15, 0.2) is 0 Å². The van der Waals surface area contributed by atoms with E-state index in [1.165, 1.54) is 64.2 Å². The largest absolute Gasteiger partial charge is 0.465 e. The molecule has 0 aliphatic heterocycles. The fraction of sp³-hybridized carbons (Fsp3) is 0.923. The molecule has 0 fully saturated rings. The normalized spacial score (nSPS) is 9.67. The topological polar surface area (TPSA) is 115 Å². The average molecular weight is 261 g/mol. The number of carbonyl (C=O) groups is 1. The zero-order valence-corrected chi connectivity index (χ0v) is 11.6. The van der Waals surface area contributed by atoms with Crippen LogP contribution in [-0.2, 0) is 0 Å². The summed E-state index contributed by atoms with van der Waals surface area (Å²) in [7, 11) is 0. The molecule has 0 aromatic rings. The van der Waals surface area contributed by atoms with Gasteiger partial charge in [0, 0.05) is 0 Å². The Morgan fingerprint density at radius 1 is 0.667 bits per heavy atom. The van der Waals surface area contributed by atoms with E-state index in [2.05, 4.69) is 5.73 Å². The number of rotatable bonds is 11. The summed E-state index contributed by atoms with van der Waals surface area (Å²) in [5.74, 6) is 0. The maximum Gasteiger partial charge on any atom is 0.402 e. The molecule has 5 heteroatoms. The standard InChI is InChI=1S/C12H28N2.CH3NO2/c13-11-9-7-5-3-1-2-4-6-8-10-12-14;2-1(3)4/h1-14H2;2H2,(H,3,4). The molecule has 0 aromatic carbocycles. The molecule has 0 saturated heterocycles. The monoisotopic (exact) mass is 261 g/mol. The number of carboxylic acid groups (broad SMARTS) is 1. The lowest BCUT2D eigenvalue weighted by Gasteiger charge is -2.01. The second-order valence-corrected chi connectivity index (χ2v) is 4.45.